The predicted octanol–water partition coefficient (Wildman–Crippen LogP) is 0.245. The molecule has 0 fully saturated rings. The molecule has 0 aliphatic rings. The van der Waals surface area contributed by atoms with Gasteiger partial charge in [-0.3, -0.25) is 4.79 Å². The largest absolute Gasteiger partial charge is 0.490 e. The molecular formula is C13H16FNO5. The normalized spacial score (nSPS) is 11.6. The maximum absolute atomic E-state index is 13.2. The van der Waals surface area contributed by atoms with Crippen molar-refractivity contribution in [2.45, 2.75) is 12.5 Å². The Morgan fingerprint density at radius 1 is 1.40 bits per heavy atom. The van der Waals surface area contributed by atoms with Gasteiger partial charge in [0.1, 0.15) is 0 Å². The van der Waals surface area contributed by atoms with Crippen LogP contribution in [0.15, 0.2) is 24.3 Å². The van der Waals surface area contributed by atoms with E-state index in [0.717, 1.165) is 7.11 Å². The number of carbonyl (C=O) groups excluding carboxylic acids is 2. The zero-order valence-electron chi connectivity index (χ0n) is 11.0. The number of halogens is 1. The van der Waals surface area contributed by atoms with Crippen molar-refractivity contribution in [2.75, 3.05) is 20.3 Å². The average Bonchev–Trinajstić information content (AvgIpc) is 2.45. The maximum atomic E-state index is 13.2. The summed E-state index contributed by atoms with van der Waals surface area (Å²) in [7, 11) is 1.13. The topological polar surface area (TPSA) is 84.9 Å². The first kappa shape index (κ1) is 15.9. The van der Waals surface area contributed by atoms with Crippen LogP contribution in [-0.2, 0) is 14.3 Å². The smallest absolute Gasteiger partial charge is 0.336 e. The summed E-state index contributed by atoms with van der Waals surface area (Å²) in [6.07, 6.45) is -1.43. The van der Waals surface area contributed by atoms with Gasteiger partial charge in [0.2, 0.25) is 5.91 Å². The van der Waals surface area contributed by atoms with Crippen LogP contribution in [0.4, 0.5) is 4.39 Å². The Bertz CT molecular complexity index is 466. The Morgan fingerprint density at radius 2 is 2.10 bits per heavy atom. The fourth-order valence-corrected chi connectivity index (χ4v) is 1.33. The number of hydrogen-bond donors (Lipinski definition) is 2. The van der Waals surface area contributed by atoms with E-state index < -0.39 is 23.8 Å². The standard InChI is InChI=1S/C13H16FNO5/c1-19-13(18)10(16)8-15-12(17)6-7-20-11-5-3-2-4-9(11)14/h2-5,10,16H,6-8H2,1H3,(H,15,17). The minimum Gasteiger partial charge on any atom is -0.490 e. The molecule has 0 bridgehead atoms. The summed E-state index contributed by atoms with van der Waals surface area (Å²) in [4.78, 5) is 22.3. The first-order valence-electron chi connectivity index (χ1n) is 5.94. The second kappa shape index (κ2) is 8.11. The van der Waals surface area contributed by atoms with Gasteiger partial charge in [0, 0.05) is 0 Å². The number of aliphatic hydroxyl groups excluding tert-OH is 1. The van der Waals surface area contributed by atoms with E-state index in [9.17, 15) is 19.1 Å². The van der Waals surface area contributed by atoms with Crippen LogP contribution in [0.1, 0.15) is 6.42 Å². The van der Waals surface area contributed by atoms with Crippen LogP contribution >= 0.6 is 0 Å². The number of para-hydroxylation sites is 1. The summed E-state index contributed by atoms with van der Waals surface area (Å²) in [6, 6.07) is 5.85. The highest BCUT2D eigenvalue weighted by Crippen LogP contribution is 2.15. The highest BCUT2D eigenvalue weighted by molar-refractivity contribution is 5.78. The molecule has 0 aliphatic heterocycles. The van der Waals surface area contributed by atoms with Gasteiger partial charge in [-0.2, -0.15) is 0 Å². The van der Waals surface area contributed by atoms with Crippen molar-refractivity contribution in [1.29, 1.82) is 0 Å². The Balaban J connectivity index is 2.24. The molecule has 1 amide bonds. The Kier molecular flexibility index (Phi) is 6.45. The molecule has 110 valence electrons. The molecule has 1 unspecified atom stereocenters. The van der Waals surface area contributed by atoms with Gasteiger partial charge in [-0.1, -0.05) is 12.1 Å². The summed E-state index contributed by atoms with van der Waals surface area (Å²) in [5.74, 6) is -1.69. The number of ether oxygens (including phenoxy) is 2. The SMILES string of the molecule is COC(=O)C(O)CNC(=O)CCOc1ccccc1F. The van der Waals surface area contributed by atoms with Crippen molar-refractivity contribution in [3.63, 3.8) is 0 Å². The van der Waals surface area contributed by atoms with E-state index in [-0.39, 0.29) is 25.3 Å². The first-order valence-corrected chi connectivity index (χ1v) is 5.94. The third kappa shape index (κ3) is 5.23. The second-order valence-electron chi connectivity index (χ2n) is 3.87. The molecule has 1 rings (SSSR count). The Labute approximate surface area is 115 Å². The number of esters is 1. The number of nitrogens with one attached hydrogen (secondary N) is 1. The van der Waals surface area contributed by atoms with Gasteiger partial charge in [-0.05, 0) is 12.1 Å². The van der Waals surface area contributed by atoms with Crippen molar-refractivity contribution in [3.05, 3.63) is 30.1 Å². The summed E-state index contributed by atoms with van der Waals surface area (Å²) in [5.41, 5.74) is 0. The van der Waals surface area contributed by atoms with Crippen LogP contribution in [0.3, 0.4) is 0 Å². The molecule has 7 heteroatoms. The molecule has 1 atom stereocenters. The van der Waals surface area contributed by atoms with Crippen LogP contribution in [0.5, 0.6) is 5.75 Å². The summed E-state index contributed by atoms with van der Waals surface area (Å²) in [5, 5.41) is 11.6. The lowest BCUT2D eigenvalue weighted by Gasteiger charge is -2.10. The van der Waals surface area contributed by atoms with E-state index in [2.05, 4.69) is 10.1 Å². The molecule has 0 heterocycles. The number of methoxy groups -OCH3 is 1. The zero-order chi connectivity index (χ0) is 15.0. The van der Waals surface area contributed by atoms with Gasteiger partial charge in [0.15, 0.2) is 17.7 Å². The van der Waals surface area contributed by atoms with E-state index in [1.807, 2.05) is 0 Å². The Morgan fingerprint density at radius 3 is 2.75 bits per heavy atom. The summed E-state index contributed by atoms with van der Waals surface area (Å²) >= 11 is 0. The highest BCUT2D eigenvalue weighted by atomic mass is 19.1. The van der Waals surface area contributed by atoms with Crippen molar-refractivity contribution in [3.8, 4) is 5.75 Å². The monoisotopic (exact) mass is 285 g/mol. The molecule has 6 nitrogen and oxygen atoms in total. The molecule has 20 heavy (non-hydrogen) atoms. The average molecular weight is 285 g/mol. The second-order valence-corrected chi connectivity index (χ2v) is 3.87. The zero-order valence-corrected chi connectivity index (χ0v) is 11.0. The van der Waals surface area contributed by atoms with Gasteiger partial charge in [0.25, 0.3) is 0 Å². The van der Waals surface area contributed by atoms with E-state index >= 15 is 0 Å². The molecule has 2 N–H and O–H groups in total. The van der Waals surface area contributed by atoms with Gasteiger partial charge in [-0.25, -0.2) is 9.18 Å². The Hall–Kier alpha value is -2.15. The third-order valence-corrected chi connectivity index (χ3v) is 2.39. The van der Waals surface area contributed by atoms with Crippen molar-refractivity contribution in [2.24, 2.45) is 0 Å². The van der Waals surface area contributed by atoms with Crippen LogP contribution < -0.4 is 10.1 Å². The van der Waals surface area contributed by atoms with Gasteiger partial charge < -0.3 is 19.9 Å². The molecule has 0 aromatic heterocycles. The number of carbonyl (C=O) groups is 2. The fourth-order valence-electron chi connectivity index (χ4n) is 1.33. The first-order chi connectivity index (χ1) is 9.54. The molecule has 0 saturated carbocycles. The molecule has 1 aromatic rings. The van der Waals surface area contributed by atoms with Crippen LogP contribution in [-0.4, -0.2) is 43.3 Å². The minimum absolute atomic E-state index is 0.0128. The van der Waals surface area contributed by atoms with Gasteiger partial charge >= 0.3 is 5.97 Å². The quantitative estimate of drug-likeness (QED) is 0.701. The fraction of sp³-hybridized carbons (Fsp3) is 0.385. The maximum Gasteiger partial charge on any atom is 0.336 e. The lowest BCUT2D eigenvalue weighted by molar-refractivity contribution is -0.150. The van der Waals surface area contributed by atoms with Gasteiger partial charge in [-0.15, -0.1) is 0 Å². The van der Waals surface area contributed by atoms with Crippen molar-refractivity contribution >= 4 is 11.9 Å². The molecular weight excluding hydrogens is 269 g/mol. The number of benzene rings is 1. The molecule has 0 saturated heterocycles. The van der Waals surface area contributed by atoms with Gasteiger partial charge in [0.05, 0.1) is 26.7 Å². The molecule has 0 radical (unpaired) electrons. The highest BCUT2D eigenvalue weighted by Gasteiger charge is 2.16. The van der Waals surface area contributed by atoms with Crippen LogP contribution in [0.2, 0.25) is 0 Å². The lowest BCUT2D eigenvalue weighted by atomic mass is 10.3. The molecule has 1 aromatic carbocycles. The third-order valence-electron chi connectivity index (χ3n) is 2.39. The van der Waals surface area contributed by atoms with Crippen molar-refractivity contribution < 1.29 is 28.6 Å². The summed E-state index contributed by atoms with van der Waals surface area (Å²) in [6.45, 7) is -0.258. The minimum atomic E-state index is -1.41. The van der Waals surface area contributed by atoms with E-state index in [1.54, 1.807) is 6.07 Å². The number of amides is 1. The van der Waals surface area contributed by atoms with Crippen molar-refractivity contribution in [1.82, 2.24) is 5.32 Å². The number of aliphatic hydroxyl groups is 1. The lowest BCUT2D eigenvalue weighted by Crippen LogP contribution is -2.37. The predicted molar refractivity (Wildman–Crippen MR) is 67.5 cm³/mol. The van der Waals surface area contributed by atoms with E-state index in [4.69, 9.17) is 4.74 Å². The van der Waals surface area contributed by atoms with Crippen LogP contribution in [0.25, 0.3) is 0 Å². The molecule has 0 spiro atoms. The number of hydrogen-bond acceptors (Lipinski definition) is 5. The van der Waals surface area contributed by atoms with E-state index in [1.165, 1.54) is 18.2 Å². The van der Waals surface area contributed by atoms with Crippen LogP contribution in [0, 0.1) is 5.82 Å². The van der Waals surface area contributed by atoms with E-state index in [0.29, 0.717) is 0 Å². The number of rotatable bonds is 7. The summed E-state index contributed by atoms with van der Waals surface area (Å²) < 4.78 is 22.6. The molecule has 0 aliphatic carbocycles.